The topological polar surface area (TPSA) is 84.2 Å². The first kappa shape index (κ1) is 19.8. The van der Waals surface area contributed by atoms with Gasteiger partial charge in [-0.3, -0.25) is 0 Å². The number of hydrogen-bond donors (Lipinski definition) is 1. The summed E-state index contributed by atoms with van der Waals surface area (Å²) in [6.45, 7) is 2.58. The van der Waals surface area contributed by atoms with Crippen LogP contribution in [0.5, 0.6) is 0 Å². The molecule has 1 aromatic rings. The Labute approximate surface area is 173 Å². The van der Waals surface area contributed by atoms with E-state index in [0.717, 1.165) is 49.8 Å². The Hall–Kier alpha value is -1.51. The highest BCUT2D eigenvalue weighted by molar-refractivity contribution is 7.99. The third kappa shape index (κ3) is 4.55. The predicted molar refractivity (Wildman–Crippen MR) is 107 cm³/mol. The fourth-order valence-corrected chi connectivity index (χ4v) is 5.16. The van der Waals surface area contributed by atoms with E-state index in [1.54, 1.807) is 18.0 Å². The zero-order valence-corrected chi connectivity index (χ0v) is 17.1. The van der Waals surface area contributed by atoms with Gasteiger partial charge in [-0.25, -0.2) is 14.8 Å². The summed E-state index contributed by atoms with van der Waals surface area (Å²) in [5.74, 6) is 1.44. The number of hydrogen-bond acceptors (Lipinski definition) is 6. The number of likely N-dealkylation sites (tertiary alicyclic amines) is 1. The number of carbonyl (C=O) groups is 1. The third-order valence-electron chi connectivity index (χ3n) is 5.59. The number of nitrogens with zero attached hydrogens (tertiary/aromatic N) is 3. The highest BCUT2D eigenvalue weighted by Gasteiger charge is 2.41. The highest BCUT2D eigenvalue weighted by atomic mass is 35.5. The molecule has 3 aliphatic rings. The SMILES string of the molecule is O=C(O)N1CCC(C2N=C(C3CCOCC3)OC2Sc2ccc(Cl)cn2)CC1. The van der Waals surface area contributed by atoms with Crippen LogP contribution in [0.3, 0.4) is 0 Å². The monoisotopic (exact) mass is 425 g/mol. The summed E-state index contributed by atoms with van der Waals surface area (Å²) in [6, 6.07) is 3.73. The molecule has 2 saturated heterocycles. The molecule has 0 spiro atoms. The minimum Gasteiger partial charge on any atom is -0.465 e. The van der Waals surface area contributed by atoms with Crippen LogP contribution in [0.2, 0.25) is 5.02 Å². The van der Waals surface area contributed by atoms with Crippen LogP contribution in [-0.2, 0) is 9.47 Å². The van der Waals surface area contributed by atoms with Gasteiger partial charge in [0.25, 0.3) is 0 Å². The van der Waals surface area contributed by atoms with Crippen molar-refractivity contribution in [3.8, 4) is 0 Å². The van der Waals surface area contributed by atoms with Crippen LogP contribution in [0.25, 0.3) is 0 Å². The van der Waals surface area contributed by atoms with Gasteiger partial charge < -0.3 is 19.5 Å². The fraction of sp³-hybridized carbons (Fsp3) is 0.632. The van der Waals surface area contributed by atoms with E-state index in [2.05, 4.69) is 4.98 Å². The zero-order chi connectivity index (χ0) is 19.5. The van der Waals surface area contributed by atoms with Crippen LogP contribution in [-0.4, -0.2) is 64.8 Å². The van der Waals surface area contributed by atoms with E-state index in [-0.39, 0.29) is 11.5 Å². The van der Waals surface area contributed by atoms with E-state index >= 15 is 0 Å². The molecular formula is C19H24ClN3O4S. The van der Waals surface area contributed by atoms with Crippen molar-refractivity contribution in [1.82, 2.24) is 9.88 Å². The van der Waals surface area contributed by atoms with Gasteiger partial charge >= 0.3 is 6.09 Å². The van der Waals surface area contributed by atoms with Gasteiger partial charge in [0.15, 0.2) is 11.3 Å². The number of amides is 1. The summed E-state index contributed by atoms with van der Waals surface area (Å²) >= 11 is 7.52. The Morgan fingerprint density at radius 2 is 1.96 bits per heavy atom. The maximum absolute atomic E-state index is 11.2. The van der Waals surface area contributed by atoms with Gasteiger partial charge in [0.05, 0.1) is 10.0 Å². The van der Waals surface area contributed by atoms with Gasteiger partial charge in [0.1, 0.15) is 6.04 Å². The molecule has 3 aliphatic heterocycles. The largest absolute Gasteiger partial charge is 0.465 e. The van der Waals surface area contributed by atoms with Crippen molar-refractivity contribution in [2.45, 2.75) is 42.2 Å². The summed E-state index contributed by atoms with van der Waals surface area (Å²) in [6.07, 6.45) is 4.26. The van der Waals surface area contributed by atoms with Gasteiger partial charge in [-0.2, -0.15) is 0 Å². The average molecular weight is 426 g/mol. The van der Waals surface area contributed by atoms with E-state index in [1.807, 2.05) is 12.1 Å². The van der Waals surface area contributed by atoms with Crippen LogP contribution in [0.15, 0.2) is 28.3 Å². The van der Waals surface area contributed by atoms with Gasteiger partial charge in [-0.15, -0.1) is 0 Å². The highest BCUT2D eigenvalue weighted by Crippen LogP contribution is 2.39. The molecule has 1 N–H and O–H groups in total. The first-order valence-corrected chi connectivity index (χ1v) is 10.9. The number of pyridine rings is 1. The number of halogens is 1. The molecule has 2 unspecified atom stereocenters. The Balaban J connectivity index is 1.48. The molecule has 0 bridgehead atoms. The minimum absolute atomic E-state index is 0.0104. The van der Waals surface area contributed by atoms with Crippen LogP contribution in [0, 0.1) is 11.8 Å². The lowest BCUT2D eigenvalue weighted by atomic mass is 9.90. The molecular weight excluding hydrogens is 402 g/mol. The maximum Gasteiger partial charge on any atom is 0.407 e. The Morgan fingerprint density at radius 3 is 2.61 bits per heavy atom. The van der Waals surface area contributed by atoms with E-state index < -0.39 is 6.09 Å². The standard InChI is InChI=1S/C19H24ClN3O4S/c20-14-1-2-15(21-11-14)28-18-16(12-3-7-23(8-4-12)19(24)25)22-17(27-18)13-5-9-26-10-6-13/h1-2,11-13,16,18H,3-10H2,(H,24,25). The zero-order valence-electron chi connectivity index (χ0n) is 15.5. The van der Waals surface area contributed by atoms with Crippen molar-refractivity contribution < 1.29 is 19.4 Å². The van der Waals surface area contributed by atoms with Gasteiger partial charge in [-0.1, -0.05) is 23.4 Å². The van der Waals surface area contributed by atoms with Gasteiger partial charge in [-0.05, 0) is 43.7 Å². The normalized spacial score (nSPS) is 26.8. The average Bonchev–Trinajstić information content (AvgIpc) is 3.14. The van der Waals surface area contributed by atoms with Crippen LogP contribution in [0.4, 0.5) is 4.79 Å². The smallest absolute Gasteiger partial charge is 0.407 e. The van der Waals surface area contributed by atoms with E-state index in [4.69, 9.17) is 26.1 Å². The molecule has 0 aliphatic carbocycles. The molecule has 28 heavy (non-hydrogen) atoms. The molecule has 2 atom stereocenters. The van der Waals surface area contributed by atoms with Gasteiger partial charge in [0.2, 0.25) is 0 Å². The first-order valence-electron chi connectivity index (χ1n) is 9.68. The van der Waals surface area contributed by atoms with Crippen molar-refractivity contribution >= 4 is 35.4 Å². The molecule has 0 radical (unpaired) electrons. The van der Waals surface area contributed by atoms with Crippen molar-refractivity contribution in [2.75, 3.05) is 26.3 Å². The molecule has 0 saturated carbocycles. The van der Waals surface area contributed by atoms with E-state index in [9.17, 15) is 9.90 Å². The number of carboxylic acid groups (broad SMARTS) is 1. The molecule has 1 aromatic heterocycles. The number of piperidine rings is 1. The van der Waals surface area contributed by atoms with Crippen LogP contribution in [0.1, 0.15) is 25.7 Å². The van der Waals surface area contributed by atoms with Crippen molar-refractivity contribution in [2.24, 2.45) is 16.8 Å². The van der Waals surface area contributed by atoms with E-state index in [1.165, 1.54) is 4.90 Å². The summed E-state index contributed by atoms with van der Waals surface area (Å²) in [5, 5.41) is 10.7. The van der Waals surface area contributed by atoms with Crippen molar-refractivity contribution in [1.29, 1.82) is 0 Å². The lowest BCUT2D eigenvalue weighted by Gasteiger charge is -2.33. The fourth-order valence-electron chi connectivity index (χ4n) is 3.98. The maximum atomic E-state index is 11.2. The molecule has 152 valence electrons. The number of aliphatic imine (C=N–C) groups is 1. The number of rotatable bonds is 4. The number of aromatic nitrogens is 1. The molecule has 2 fully saturated rings. The second kappa shape index (κ2) is 8.88. The third-order valence-corrected chi connectivity index (χ3v) is 6.91. The lowest BCUT2D eigenvalue weighted by Crippen LogP contribution is -2.41. The second-order valence-electron chi connectivity index (χ2n) is 7.37. The first-order chi connectivity index (χ1) is 13.6. The molecule has 7 nitrogen and oxygen atoms in total. The summed E-state index contributed by atoms with van der Waals surface area (Å²) in [4.78, 5) is 22.1. The molecule has 9 heteroatoms. The lowest BCUT2D eigenvalue weighted by molar-refractivity contribution is 0.0759. The number of ether oxygens (including phenoxy) is 2. The van der Waals surface area contributed by atoms with Crippen molar-refractivity contribution in [3.05, 3.63) is 23.4 Å². The quantitative estimate of drug-likeness (QED) is 0.790. The molecule has 4 rings (SSSR count). The molecule has 1 amide bonds. The molecule has 4 heterocycles. The summed E-state index contributed by atoms with van der Waals surface area (Å²) in [7, 11) is 0. The van der Waals surface area contributed by atoms with Crippen LogP contribution < -0.4 is 0 Å². The van der Waals surface area contributed by atoms with Crippen molar-refractivity contribution in [3.63, 3.8) is 0 Å². The van der Waals surface area contributed by atoms with E-state index in [0.29, 0.717) is 29.9 Å². The van der Waals surface area contributed by atoms with Crippen LogP contribution >= 0.6 is 23.4 Å². The number of thioether (sulfide) groups is 1. The Bertz CT molecular complexity index is 718. The van der Waals surface area contributed by atoms with Gasteiger partial charge in [0, 0.05) is 38.4 Å². The Morgan fingerprint density at radius 1 is 1.21 bits per heavy atom. The second-order valence-corrected chi connectivity index (χ2v) is 8.93. The minimum atomic E-state index is -0.844. The predicted octanol–water partition coefficient (Wildman–Crippen LogP) is 3.77. The molecule has 0 aromatic carbocycles. The Kier molecular flexibility index (Phi) is 6.28. The summed E-state index contributed by atoms with van der Waals surface area (Å²) in [5.41, 5.74) is -0.145. The summed E-state index contributed by atoms with van der Waals surface area (Å²) < 4.78 is 11.8.